The van der Waals surface area contributed by atoms with E-state index in [-0.39, 0.29) is 11.9 Å². The van der Waals surface area contributed by atoms with Crippen molar-refractivity contribution >= 4 is 34.9 Å². The molecule has 0 aliphatic heterocycles. The van der Waals surface area contributed by atoms with Gasteiger partial charge in [-0.15, -0.1) is 0 Å². The minimum absolute atomic E-state index is 0.0335. The maximum atomic E-state index is 11.9. The van der Waals surface area contributed by atoms with Crippen LogP contribution in [0.5, 0.6) is 0 Å². The third kappa shape index (κ3) is 5.30. The molecule has 6 heteroatoms. The third-order valence-corrected chi connectivity index (χ3v) is 3.42. The first-order valence-corrected chi connectivity index (χ1v) is 7.44. The Hall–Kier alpha value is -2.53. The molecule has 3 amide bonds. The van der Waals surface area contributed by atoms with Crippen molar-refractivity contribution in [3.63, 3.8) is 0 Å². The zero-order valence-corrected chi connectivity index (χ0v) is 13.7. The number of likely N-dealkylation sites (N-methyl/N-ethyl adjacent to an activating group) is 1. The molecule has 0 heterocycles. The highest BCUT2D eigenvalue weighted by atomic mass is 35.5. The first-order chi connectivity index (χ1) is 10.9. The fourth-order valence-corrected chi connectivity index (χ4v) is 1.99. The van der Waals surface area contributed by atoms with Gasteiger partial charge in [-0.3, -0.25) is 4.79 Å². The number of halogens is 1. The van der Waals surface area contributed by atoms with E-state index in [9.17, 15) is 9.59 Å². The molecule has 0 spiro atoms. The van der Waals surface area contributed by atoms with E-state index in [1.807, 2.05) is 12.1 Å². The monoisotopic (exact) mass is 331 g/mol. The highest BCUT2D eigenvalue weighted by molar-refractivity contribution is 6.30. The number of rotatable bonds is 4. The predicted octanol–water partition coefficient (Wildman–Crippen LogP) is 3.61. The molecular formula is C17H18ClN3O2. The Labute approximate surface area is 140 Å². The third-order valence-electron chi connectivity index (χ3n) is 3.17. The number of carbonyl (C=O) groups excluding carboxylic acids is 2. The summed E-state index contributed by atoms with van der Waals surface area (Å²) in [5, 5.41) is 6.05. The van der Waals surface area contributed by atoms with Crippen LogP contribution < -0.4 is 10.6 Å². The summed E-state index contributed by atoms with van der Waals surface area (Å²) in [5.74, 6) is 0.0335. The first-order valence-electron chi connectivity index (χ1n) is 7.07. The van der Waals surface area contributed by atoms with Crippen LogP contribution in [0.25, 0.3) is 0 Å². The lowest BCUT2D eigenvalue weighted by Gasteiger charge is -2.11. The minimum Gasteiger partial charge on any atom is -0.349 e. The van der Waals surface area contributed by atoms with Crippen molar-refractivity contribution in [3.8, 4) is 0 Å². The van der Waals surface area contributed by atoms with Crippen LogP contribution in [-0.4, -0.2) is 30.9 Å². The quantitative estimate of drug-likeness (QED) is 0.899. The van der Waals surface area contributed by atoms with Crippen LogP contribution in [0.1, 0.15) is 5.56 Å². The Morgan fingerprint density at radius 2 is 1.39 bits per heavy atom. The van der Waals surface area contributed by atoms with E-state index in [0.717, 1.165) is 5.56 Å². The highest BCUT2D eigenvalue weighted by Crippen LogP contribution is 2.15. The number of amides is 3. The lowest BCUT2D eigenvalue weighted by atomic mass is 10.1. The number of nitrogens with zero attached hydrogens (tertiary/aromatic N) is 1. The Morgan fingerprint density at radius 1 is 0.913 bits per heavy atom. The normalized spacial score (nSPS) is 10.0. The predicted molar refractivity (Wildman–Crippen MR) is 92.9 cm³/mol. The zero-order chi connectivity index (χ0) is 16.8. The van der Waals surface area contributed by atoms with Crippen LogP contribution in [0.15, 0.2) is 48.5 Å². The molecule has 5 nitrogen and oxygen atoms in total. The van der Waals surface area contributed by atoms with Crippen molar-refractivity contribution in [2.24, 2.45) is 0 Å². The minimum atomic E-state index is -0.343. The van der Waals surface area contributed by atoms with E-state index in [2.05, 4.69) is 10.6 Å². The summed E-state index contributed by atoms with van der Waals surface area (Å²) in [5.41, 5.74) is 2.20. The summed E-state index contributed by atoms with van der Waals surface area (Å²) in [6, 6.07) is 13.7. The summed E-state index contributed by atoms with van der Waals surface area (Å²) < 4.78 is 0. The van der Waals surface area contributed by atoms with Crippen LogP contribution in [-0.2, 0) is 11.2 Å². The van der Waals surface area contributed by atoms with E-state index in [4.69, 9.17) is 11.6 Å². The van der Waals surface area contributed by atoms with E-state index in [0.29, 0.717) is 22.8 Å². The van der Waals surface area contributed by atoms with Crippen molar-refractivity contribution in [1.82, 2.24) is 4.90 Å². The smallest absolute Gasteiger partial charge is 0.323 e. The molecule has 0 atom stereocenters. The van der Waals surface area contributed by atoms with Crippen molar-refractivity contribution < 1.29 is 9.59 Å². The second-order valence-corrected chi connectivity index (χ2v) is 5.68. The second-order valence-electron chi connectivity index (χ2n) is 5.25. The summed E-state index contributed by atoms with van der Waals surface area (Å²) in [7, 11) is 3.44. The number of nitrogens with one attached hydrogen (secondary N) is 2. The summed E-state index contributed by atoms with van der Waals surface area (Å²) in [4.78, 5) is 25.1. The van der Waals surface area contributed by atoms with Crippen LogP contribution in [0.4, 0.5) is 16.2 Å². The van der Waals surface area contributed by atoms with Gasteiger partial charge < -0.3 is 15.5 Å². The molecule has 0 bridgehead atoms. The number of hydrogen-bond donors (Lipinski definition) is 2. The Morgan fingerprint density at radius 3 is 1.87 bits per heavy atom. The van der Waals surface area contributed by atoms with Gasteiger partial charge in [-0.2, -0.15) is 0 Å². The average molecular weight is 332 g/mol. The number of urea groups is 1. The molecule has 2 rings (SSSR count). The van der Waals surface area contributed by atoms with Crippen LogP contribution in [0, 0.1) is 0 Å². The summed E-state index contributed by atoms with van der Waals surface area (Å²) in [6.07, 6.45) is 0.338. The second kappa shape index (κ2) is 7.65. The number of anilines is 2. The van der Waals surface area contributed by atoms with E-state index < -0.39 is 0 Å². The highest BCUT2D eigenvalue weighted by Gasteiger charge is 2.06. The van der Waals surface area contributed by atoms with Gasteiger partial charge in [-0.05, 0) is 42.0 Å². The molecule has 23 heavy (non-hydrogen) atoms. The molecule has 0 saturated heterocycles. The summed E-state index contributed by atoms with van der Waals surface area (Å²) in [6.45, 7) is 0. The molecule has 120 valence electrons. The van der Waals surface area contributed by atoms with Gasteiger partial charge >= 0.3 is 6.03 Å². The number of hydrogen-bond acceptors (Lipinski definition) is 2. The fraction of sp³-hybridized carbons (Fsp3) is 0.176. The SMILES string of the molecule is CN(C)C(=O)Cc1ccc(NC(=O)Nc2ccc(Cl)cc2)cc1. The van der Waals surface area contributed by atoms with Gasteiger partial charge in [0.15, 0.2) is 0 Å². The molecule has 0 unspecified atom stereocenters. The standard InChI is InChI=1S/C17H18ClN3O2/c1-21(2)16(22)11-12-3-7-14(8-4-12)19-17(23)20-15-9-5-13(18)6-10-15/h3-10H,11H2,1-2H3,(H2,19,20,23). The molecule has 2 N–H and O–H groups in total. The van der Waals surface area contributed by atoms with Gasteiger partial charge in [-0.25, -0.2) is 4.79 Å². The van der Waals surface area contributed by atoms with E-state index in [1.54, 1.807) is 55.4 Å². The van der Waals surface area contributed by atoms with Crippen molar-refractivity contribution in [3.05, 3.63) is 59.1 Å². The molecule has 0 saturated carbocycles. The molecule has 2 aromatic rings. The Kier molecular flexibility index (Phi) is 5.60. The molecule has 0 fully saturated rings. The van der Waals surface area contributed by atoms with Crippen LogP contribution in [0.2, 0.25) is 5.02 Å². The van der Waals surface area contributed by atoms with Crippen molar-refractivity contribution in [1.29, 1.82) is 0 Å². The van der Waals surface area contributed by atoms with E-state index >= 15 is 0 Å². The van der Waals surface area contributed by atoms with Crippen LogP contribution >= 0.6 is 11.6 Å². The molecular weight excluding hydrogens is 314 g/mol. The van der Waals surface area contributed by atoms with Gasteiger partial charge in [-0.1, -0.05) is 23.7 Å². The summed E-state index contributed by atoms with van der Waals surface area (Å²) >= 11 is 5.79. The van der Waals surface area contributed by atoms with Gasteiger partial charge in [0.05, 0.1) is 6.42 Å². The molecule has 0 radical (unpaired) electrons. The average Bonchev–Trinajstić information content (AvgIpc) is 2.51. The fourth-order valence-electron chi connectivity index (χ4n) is 1.87. The van der Waals surface area contributed by atoms with Crippen LogP contribution in [0.3, 0.4) is 0 Å². The van der Waals surface area contributed by atoms with E-state index in [1.165, 1.54) is 0 Å². The van der Waals surface area contributed by atoms with Gasteiger partial charge in [0.1, 0.15) is 0 Å². The number of benzene rings is 2. The van der Waals surface area contributed by atoms with Gasteiger partial charge in [0, 0.05) is 30.5 Å². The molecule has 0 aliphatic carbocycles. The maximum absolute atomic E-state index is 11.9. The maximum Gasteiger partial charge on any atom is 0.323 e. The van der Waals surface area contributed by atoms with Gasteiger partial charge in [0.2, 0.25) is 5.91 Å². The topological polar surface area (TPSA) is 61.4 Å². The Balaban J connectivity index is 1.91. The van der Waals surface area contributed by atoms with Crippen molar-refractivity contribution in [2.45, 2.75) is 6.42 Å². The van der Waals surface area contributed by atoms with Crippen molar-refractivity contribution in [2.75, 3.05) is 24.7 Å². The number of carbonyl (C=O) groups is 2. The lowest BCUT2D eigenvalue weighted by molar-refractivity contribution is -0.127. The first kappa shape index (κ1) is 16.8. The molecule has 0 aliphatic rings. The zero-order valence-electron chi connectivity index (χ0n) is 13.0. The van der Waals surface area contributed by atoms with Gasteiger partial charge in [0.25, 0.3) is 0 Å². The molecule has 0 aromatic heterocycles. The Bertz CT molecular complexity index is 682. The largest absolute Gasteiger partial charge is 0.349 e. The molecule has 2 aromatic carbocycles. The lowest BCUT2D eigenvalue weighted by Crippen LogP contribution is -2.23.